The van der Waals surface area contributed by atoms with Gasteiger partial charge in [-0.05, 0) is 36.8 Å². The smallest absolute Gasteiger partial charge is 0.337 e. The fourth-order valence-electron chi connectivity index (χ4n) is 1.93. The summed E-state index contributed by atoms with van der Waals surface area (Å²) in [6, 6.07) is 7.84. The van der Waals surface area contributed by atoms with Gasteiger partial charge in [-0.15, -0.1) is 0 Å². The quantitative estimate of drug-likeness (QED) is 0.796. The molecule has 0 unspecified atom stereocenters. The Balaban J connectivity index is 1.83. The van der Waals surface area contributed by atoms with Gasteiger partial charge in [-0.3, -0.25) is 4.79 Å². The van der Waals surface area contributed by atoms with Crippen molar-refractivity contribution in [2.45, 2.75) is 12.5 Å². The topological polar surface area (TPSA) is 88.8 Å². The zero-order chi connectivity index (χ0) is 15.9. The average molecular weight is 303 g/mol. The molecule has 6 heteroatoms. The van der Waals surface area contributed by atoms with Crippen molar-refractivity contribution in [3.8, 4) is 0 Å². The lowest BCUT2D eigenvalue weighted by atomic mass is 10.1. The van der Waals surface area contributed by atoms with E-state index in [0.29, 0.717) is 29.7 Å². The van der Waals surface area contributed by atoms with Crippen LogP contribution in [0.1, 0.15) is 38.8 Å². The lowest BCUT2D eigenvalue weighted by Gasteiger charge is -2.09. The third kappa shape index (κ3) is 3.95. The number of carbonyl (C=O) groups is 2. The van der Waals surface area contributed by atoms with E-state index in [1.165, 1.54) is 31.8 Å². The number of methoxy groups -OCH3 is 1. The van der Waals surface area contributed by atoms with Crippen LogP contribution in [-0.4, -0.2) is 30.6 Å². The molecule has 2 N–H and O–H groups in total. The van der Waals surface area contributed by atoms with E-state index in [0.717, 1.165) is 0 Å². The molecule has 22 heavy (non-hydrogen) atoms. The maximum Gasteiger partial charge on any atom is 0.337 e. The van der Waals surface area contributed by atoms with Gasteiger partial charge in [0.05, 0.1) is 31.3 Å². The predicted molar refractivity (Wildman–Crippen MR) is 78.4 cm³/mol. The number of esters is 1. The van der Waals surface area contributed by atoms with E-state index in [9.17, 15) is 14.7 Å². The van der Waals surface area contributed by atoms with Crippen molar-refractivity contribution in [2.75, 3.05) is 13.7 Å². The lowest BCUT2D eigenvalue weighted by molar-refractivity contribution is 0.0600. The molecule has 1 aromatic carbocycles. The summed E-state index contributed by atoms with van der Waals surface area (Å²) in [7, 11) is 1.30. The third-order valence-electron chi connectivity index (χ3n) is 3.20. The zero-order valence-electron chi connectivity index (χ0n) is 12.1. The van der Waals surface area contributed by atoms with Crippen LogP contribution in [0.4, 0.5) is 0 Å². The van der Waals surface area contributed by atoms with E-state index in [1.54, 1.807) is 18.2 Å². The first-order chi connectivity index (χ1) is 10.6. The van der Waals surface area contributed by atoms with Gasteiger partial charge in [-0.25, -0.2) is 4.79 Å². The summed E-state index contributed by atoms with van der Waals surface area (Å²) >= 11 is 0. The third-order valence-corrected chi connectivity index (χ3v) is 3.20. The molecule has 2 aromatic rings. The van der Waals surface area contributed by atoms with Crippen LogP contribution < -0.4 is 5.32 Å². The van der Waals surface area contributed by atoms with Crippen LogP contribution in [0.2, 0.25) is 0 Å². The minimum Gasteiger partial charge on any atom is -0.472 e. The first kappa shape index (κ1) is 15.8. The Hall–Kier alpha value is -2.60. The summed E-state index contributed by atoms with van der Waals surface area (Å²) in [6.07, 6.45) is 2.66. The number of hydrogen-bond donors (Lipinski definition) is 2. The van der Waals surface area contributed by atoms with Gasteiger partial charge < -0.3 is 19.6 Å². The number of ether oxygens (including phenoxy) is 1. The van der Waals surface area contributed by atoms with Gasteiger partial charge in [0, 0.05) is 17.7 Å². The fraction of sp³-hybridized carbons (Fsp3) is 0.250. The molecule has 0 bridgehead atoms. The number of nitrogens with one attached hydrogen (secondary N) is 1. The number of hydrogen-bond acceptors (Lipinski definition) is 5. The summed E-state index contributed by atoms with van der Waals surface area (Å²) in [5, 5.41) is 12.6. The lowest BCUT2D eigenvalue weighted by Crippen LogP contribution is -2.25. The van der Waals surface area contributed by atoms with Crippen molar-refractivity contribution in [2.24, 2.45) is 0 Å². The van der Waals surface area contributed by atoms with Gasteiger partial charge >= 0.3 is 5.97 Å². The van der Waals surface area contributed by atoms with Crippen molar-refractivity contribution in [1.82, 2.24) is 5.32 Å². The van der Waals surface area contributed by atoms with Gasteiger partial charge in [0.1, 0.15) is 0 Å². The molecule has 6 nitrogen and oxygen atoms in total. The van der Waals surface area contributed by atoms with Crippen molar-refractivity contribution in [3.05, 3.63) is 59.5 Å². The Morgan fingerprint density at radius 3 is 2.50 bits per heavy atom. The average Bonchev–Trinajstić information content (AvgIpc) is 3.08. The van der Waals surface area contributed by atoms with Crippen LogP contribution in [0.25, 0.3) is 0 Å². The normalized spacial score (nSPS) is 11.7. The highest BCUT2D eigenvalue weighted by molar-refractivity contribution is 5.96. The number of furan rings is 1. The standard InChI is InChI=1S/C16H17NO5/c1-21-16(20)12-4-2-11(3-5-12)15(19)17-8-6-14(18)13-7-9-22-10-13/h2-5,7,9-10,14,18H,6,8H2,1H3,(H,17,19)/t14-/m1/s1. The van der Waals surface area contributed by atoms with Crippen molar-refractivity contribution in [3.63, 3.8) is 0 Å². The Kier molecular flexibility index (Phi) is 5.32. The molecule has 1 amide bonds. The molecule has 0 aliphatic rings. The highest BCUT2D eigenvalue weighted by Crippen LogP contribution is 2.15. The summed E-state index contributed by atoms with van der Waals surface area (Å²) in [4.78, 5) is 23.2. The Labute approximate surface area is 127 Å². The SMILES string of the molecule is COC(=O)c1ccc(C(=O)NCC[C@@H](O)c2ccoc2)cc1. The minimum atomic E-state index is -0.680. The summed E-state index contributed by atoms with van der Waals surface area (Å²) in [5.74, 6) is -0.717. The molecule has 1 atom stereocenters. The van der Waals surface area contributed by atoms with Crippen LogP contribution in [-0.2, 0) is 4.74 Å². The van der Waals surface area contributed by atoms with Gasteiger partial charge in [0.2, 0.25) is 0 Å². The molecule has 1 aromatic heterocycles. The molecule has 0 saturated heterocycles. The molecule has 2 rings (SSSR count). The Morgan fingerprint density at radius 1 is 1.23 bits per heavy atom. The maximum atomic E-state index is 11.9. The molecule has 1 heterocycles. The zero-order valence-corrected chi connectivity index (χ0v) is 12.1. The Morgan fingerprint density at radius 2 is 1.91 bits per heavy atom. The minimum absolute atomic E-state index is 0.268. The summed E-state index contributed by atoms with van der Waals surface area (Å²) in [5.41, 5.74) is 1.50. The van der Waals surface area contributed by atoms with Crippen LogP contribution in [0, 0.1) is 0 Å². The van der Waals surface area contributed by atoms with Crippen LogP contribution in [0.3, 0.4) is 0 Å². The molecule has 0 radical (unpaired) electrons. The van der Waals surface area contributed by atoms with Crippen molar-refractivity contribution >= 4 is 11.9 Å². The number of rotatable bonds is 6. The summed E-state index contributed by atoms with van der Waals surface area (Å²) in [6.45, 7) is 0.323. The second kappa shape index (κ2) is 7.42. The molecule has 116 valence electrons. The molecule has 0 fully saturated rings. The van der Waals surface area contributed by atoms with E-state index in [4.69, 9.17) is 4.42 Å². The van der Waals surface area contributed by atoms with Gasteiger partial charge in [0.25, 0.3) is 5.91 Å². The number of aliphatic hydroxyl groups excluding tert-OH is 1. The van der Waals surface area contributed by atoms with Crippen LogP contribution in [0.15, 0.2) is 47.3 Å². The molecule has 0 aliphatic carbocycles. The molecular weight excluding hydrogens is 286 g/mol. The van der Waals surface area contributed by atoms with E-state index in [2.05, 4.69) is 10.1 Å². The number of carbonyl (C=O) groups excluding carboxylic acids is 2. The van der Waals surface area contributed by atoms with Crippen molar-refractivity contribution in [1.29, 1.82) is 0 Å². The molecule has 0 spiro atoms. The monoisotopic (exact) mass is 303 g/mol. The van der Waals surface area contributed by atoms with E-state index in [-0.39, 0.29) is 5.91 Å². The van der Waals surface area contributed by atoms with Crippen LogP contribution in [0.5, 0.6) is 0 Å². The van der Waals surface area contributed by atoms with E-state index < -0.39 is 12.1 Å². The Bertz CT molecular complexity index is 618. The number of amides is 1. The van der Waals surface area contributed by atoms with Crippen molar-refractivity contribution < 1.29 is 23.8 Å². The van der Waals surface area contributed by atoms with E-state index in [1.807, 2.05) is 0 Å². The highest BCUT2D eigenvalue weighted by atomic mass is 16.5. The molecular formula is C16H17NO5. The van der Waals surface area contributed by atoms with Crippen LogP contribution >= 0.6 is 0 Å². The highest BCUT2D eigenvalue weighted by Gasteiger charge is 2.11. The first-order valence-corrected chi connectivity index (χ1v) is 6.78. The largest absolute Gasteiger partial charge is 0.472 e. The molecule has 0 aliphatic heterocycles. The molecule has 0 saturated carbocycles. The second-order valence-electron chi connectivity index (χ2n) is 4.69. The van der Waals surface area contributed by atoms with E-state index >= 15 is 0 Å². The summed E-state index contributed by atoms with van der Waals surface area (Å²) < 4.78 is 9.48. The number of aliphatic hydroxyl groups is 1. The maximum absolute atomic E-state index is 11.9. The first-order valence-electron chi connectivity index (χ1n) is 6.78. The fourth-order valence-corrected chi connectivity index (χ4v) is 1.93. The van der Waals surface area contributed by atoms with Gasteiger partial charge in [-0.1, -0.05) is 0 Å². The van der Waals surface area contributed by atoms with Gasteiger partial charge in [-0.2, -0.15) is 0 Å². The predicted octanol–water partition coefficient (Wildman–Crippen LogP) is 1.92. The number of benzene rings is 1. The van der Waals surface area contributed by atoms with Gasteiger partial charge in [0.15, 0.2) is 0 Å². The second-order valence-corrected chi connectivity index (χ2v) is 4.69.